The van der Waals surface area contributed by atoms with E-state index >= 15 is 0 Å². The zero-order chi connectivity index (χ0) is 10.7. The number of pyridine rings is 1. The second kappa shape index (κ2) is 3.87. The molecule has 1 heterocycles. The van der Waals surface area contributed by atoms with Gasteiger partial charge in [0.2, 0.25) is 0 Å². The molecule has 0 amide bonds. The molecule has 0 saturated carbocycles. The van der Waals surface area contributed by atoms with Crippen molar-refractivity contribution in [3.8, 4) is 11.8 Å². The Labute approximate surface area is 78.6 Å². The smallest absolute Gasteiger partial charge is 0.280 e. The fraction of sp³-hybridized carbons (Fsp3) is 0.250. The molecule has 0 saturated heterocycles. The van der Waals surface area contributed by atoms with Crippen LogP contribution in [0.15, 0.2) is 6.07 Å². The number of nitrogens with two attached hydrogens (primary N) is 1. The Morgan fingerprint density at radius 2 is 2.29 bits per heavy atom. The summed E-state index contributed by atoms with van der Waals surface area (Å²) in [5, 5.41) is 17.6. The summed E-state index contributed by atoms with van der Waals surface area (Å²) in [4.78, 5) is 3.42. The second-order valence-corrected chi connectivity index (χ2v) is 2.57. The molecule has 0 atom stereocenters. The number of rotatable bonds is 2. The van der Waals surface area contributed by atoms with Crippen LogP contribution < -0.4 is 5.73 Å². The van der Waals surface area contributed by atoms with E-state index in [4.69, 9.17) is 11.0 Å². The summed E-state index contributed by atoms with van der Waals surface area (Å²) in [5.74, 6) is -0.407. The maximum Gasteiger partial charge on any atom is 0.280 e. The maximum absolute atomic E-state index is 12.2. The third-order valence-corrected chi connectivity index (χ3v) is 1.58. The molecule has 6 heteroatoms. The van der Waals surface area contributed by atoms with Crippen LogP contribution in [-0.4, -0.2) is 10.1 Å². The summed E-state index contributed by atoms with van der Waals surface area (Å²) in [6.07, 6.45) is -3.02. The lowest BCUT2D eigenvalue weighted by Gasteiger charge is -2.06. The molecular formula is C8H7F2N3O. The fourth-order valence-corrected chi connectivity index (χ4v) is 0.945. The summed E-state index contributed by atoms with van der Waals surface area (Å²) in [7, 11) is 0. The lowest BCUT2D eigenvalue weighted by molar-refractivity contribution is 0.146. The van der Waals surface area contributed by atoms with Crippen molar-refractivity contribution in [2.75, 3.05) is 5.73 Å². The highest BCUT2D eigenvalue weighted by Crippen LogP contribution is 2.28. The predicted octanol–water partition coefficient (Wildman–Crippen LogP) is 1.37. The third-order valence-electron chi connectivity index (χ3n) is 1.58. The lowest BCUT2D eigenvalue weighted by atomic mass is 10.2. The van der Waals surface area contributed by atoms with Crippen LogP contribution in [0.1, 0.15) is 17.8 Å². The fourth-order valence-electron chi connectivity index (χ4n) is 0.945. The van der Waals surface area contributed by atoms with E-state index in [1.165, 1.54) is 0 Å². The van der Waals surface area contributed by atoms with Gasteiger partial charge >= 0.3 is 0 Å². The number of nitrogen functional groups attached to an aromatic ring is 1. The summed E-state index contributed by atoms with van der Waals surface area (Å²) in [6, 6.07) is 2.58. The SMILES string of the molecule is N#CCc1nc(C(F)F)cc(N)c1O. The van der Waals surface area contributed by atoms with E-state index in [9.17, 15) is 13.9 Å². The standard InChI is InChI=1S/C8H7F2N3O/c9-8(10)6-3-4(12)7(14)5(13-6)1-2-11/h3,8,14H,1H2,(H2,12,13). The number of nitrogens with zero attached hydrogens (tertiary/aromatic N) is 2. The number of nitriles is 1. The van der Waals surface area contributed by atoms with Gasteiger partial charge in [-0.3, -0.25) is 0 Å². The van der Waals surface area contributed by atoms with E-state index in [0.717, 1.165) is 6.07 Å². The molecule has 0 radical (unpaired) electrons. The molecule has 0 spiro atoms. The van der Waals surface area contributed by atoms with Crippen molar-refractivity contribution in [2.45, 2.75) is 12.8 Å². The van der Waals surface area contributed by atoms with Crippen LogP contribution in [0.3, 0.4) is 0 Å². The van der Waals surface area contributed by atoms with E-state index in [2.05, 4.69) is 4.98 Å². The monoisotopic (exact) mass is 199 g/mol. The first-order valence-electron chi connectivity index (χ1n) is 3.69. The zero-order valence-electron chi connectivity index (χ0n) is 7.04. The van der Waals surface area contributed by atoms with Gasteiger partial charge in [-0.25, -0.2) is 13.8 Å². The molecule has 74 valence electrons. The van der Waals surface area contributed by atoms with E-state index in [-0.39, 0.29) is 17.8 Å². The molecule has 0 aliphatic carbocycles. The highest BCUT2D eigenvalue weighted by Gasteiger charge is 2.15. The van der Waals surface area contributed by atoms with Crippen LogP contribution >= 0.6 is 0 Å². The first-order valence-corrected chi connectivity index (χ1v) is 3.69. The predicted molar refractivity (Wildman–Crippen MR) is 44.6 cm³/mol. The average molecular weight is 199 g/mol. The second-order valence-electron chi connectivity index (χ2n) is 2.57. The minimum atomic E-state index is -2.77. The zero-order valence-corrected chi connectivity index (χ0v) is 7.04. The molecule has 1 rings (SSSR count). The summed E-state index contributed by atoms with van der Waals surface area (Å²) >= 11 is 0. The van der Waals surface area contributed by atoms with Gasteiger partial charge in [0.15, 0.2) is 5.75 Å². The Hall–Kier alpha value is -1.90. The number of alkyl halides is 2. The van der Waals surface area contributed by atoms with Crippen molar-refractivity contribution in [3.63, 3.8) is 0 Å². The number of anilines is 1. The third kappa shape index (κ3) is 1.88. The summed E-state index contributed by atoms with van der Waals surface area (Å²) in [5.41, 5.74) is 4.40. The van der Waals surface area contributed by atoms with E-state index in [0.29, 0.717) is 0 Å². The van der Waals surface area contributed by atoms with Gasteiger partial charge in [0, 0.05) is 0 Å². The van der Waals surface area contributed by atoms with E-state index < -0.39 is 17.9 Å². The molecule has 0 aliphatic rings. The van der Waals surface area contributed by atoms with Crippen molar-refractivity contribution < 1.29 is 13.9 Å². The van der Waals surface area contributed by atoms with Crippen LogP contribution in [0.25, 0.3) is 0 Å². The van der Waals surface area contributed by atoms with Crippen molar-refractivity contribution >= 4 is 5.69 Å². The molecular weight excluding hydrogens is 192 g/mol. The van der Waals surface area contributed by atoms with E-state index in [1.54, 1.807) is 6.07 Å². The minimum absolute atomic E-state index is 0.122. The number of aromatic nitrogens is 1. The molecule has 0 aliphatic heterocycles. The lowest BCUT2D eigenvalue weighted by Crippen LogP contribution is -2.00. The van der Waals surface area contributed by atoms with Gasteiger partial charge in [-0.15, -0.1) is 0 Å². The number of hydrogen-bond acceptors (Lipinski definition) is 4. The largest absolute Gasteiger partial charge is 0.504 e. The van der Waals surface area contributed by atoms with Gasteiger partial charge in [-0.05, 0) is 6.07 Å². The molecule has 1 aromatic rings. The average Bonchev–Trinajstić information content (AvgIpc) is 2.12. The highest BCUT2D eigenvalue weighted by molar-refractivity contribution is 5.55. The van der Waals surface area contributed by atoms with Crippen LogP contribution in [0.5, 0.6) is 5.75 Å². The Morgan fingerprint density at radius 3 is 2.79 bits per heavy atom. The molecule has 0 aromatic carbocycles. The normalized spacial score (nSPS) is 10.1. The summed E-state index contributed by atoms with van der Waals surface area (Å²) < 4.78 is 24.4. The van der Waals surface area contributed by atoms with Crippen molar-refractivity contribution in [3.05, 3.63) is 17.5 Å². The molecule has 3 N–H and O–H groups in total. The van der Waals surface area contributed by atoms with Crippen LogP contribution in [0, 0.1) is 11.3 Å². The van der Waals surface area contributed by atoms with Gasteiger partial charge in [0.05, 0.1) is 23.9 Å². The first-order chi connectivity index (χ1) is 6.56. The van der Waals surface area contributed by atoms with Gasteiger partial charge < -0.3 is 10.8 Å². The van der Waals surface area contributed by atoms with Crippen LogP contribution in [0.4, 0.5) is 14.5 Å². The van der Waals surface area contributed by atoms with Crippen LogP contribution in [0.2, 0.25) is 0 Å². The quantitative estimate of drug-likeness (QED) is 0.753. The number of halogens is 2. The molecule has 0 unspecified atom stereocenters. The Balaban J connectivity index is 3.22. The van der Waals surface area contributed by atoms with Gasteiger partial charge in [0.25, 0.3) is 6.43 Å². The minimum Gasteiger partial charge on any atom is -0.504 e. The number of aromatic hydroxyl groups is 1. The highest BCUT2D eigenvalue weighted by atomic mass is 19.3. The van der Waals surface area contributed by atoms with Crippen molar-refractivity contribution in [2.24, 2.45) is 0 Å². The van der Waals surface area contributed by atoms with Gasteiger partial charge in [0.1, 0.15) is 5.69 Å². The maximum atomic E-state index is 12.2. The number of hydrogen-bond donors (Lipinski definition) is 2. The first kappa shape index (κ1) is 10.2. The van der Waals surface area contributed by atoms with Crippen molar-refractivity contribution in [1.82, 2.24) is 4.98 Å². The molecule has 1 aromatic heterocycles. The molecule has 4 nitrogen and oxygen atoms in total. The van der Waals surface area contributed by atoms with Gasteiger partial charge in [-0.2, -0.15) is 5.26 Å². The van der Waals surface area contributed by atoms with Crippen molar-refractivity contribution in [1.29, 1.82) is 5.26 Å². The molecule has 0 bridgehead atoms. The Bertz CT molecular complexity index is 387. The van der Waals surface area contributed by atoms with Gasteiger partial charge in [-0.1, -0.05) is 0 Å². The molecule has 14 heavy (non-hydrogen) atoms. The topological polar surface area (TPSA) is 82.9 Å². The Kier molecular flexibility index (Phi) is 2.82. The van der Waals surface area contributed by atoms with E-state index in [1.807, 2.05) is 0 Å². The molecule has 0 fully saturated rings. The Morgan fingerprint density at radius 1 is 1.64 bits per heavy atom. The summed E-state index contributed by atoms with van der Waals surface area (Å²) in [6.45, 7) is 0. The van der Waals surface area contributed by atoms with Crippen LogP contribution in [-0.2, 0) is 6.42 Å².